The van der Waals surface area contributed by atoms with Gasteiger partial charge in [-0.15, -0.1) is 23.4 Å². The standard InChI is InChI=1S/C28H52ClN3OS/c1-19(2)25(30-27-31-26(17-34-27)21-7-6-8-23(15-21)33-5)16-32-14-13-24(28(3,4)18-32)20-9-11-22(29)12-10-20/h19-27,30-31H,6-18H2,1-5H3/t20?,21?,22?,23?,24-,25+,26?,27?/m1/s1. The molecular formula is C28H52ClN3OS. The van der Waals surface area contributed by atoms with Crippen LogP contribution in [0.15, 0.2) is 0 Å². The third-order valence-electron chi connectivity index (χ3n) is 9.66. The first kappa shape index (κ1) is 27.5. The molecule has 4 nitrogen and oxygen atoms in total. The Morgan fingerprint density at radius 1 is 1.09 bits per heavy atom. The lowest BCUT2D eigenvalue weighted by molar-refractivity contribution is 0.00445. The van der Waals surface area contributed by atoms with Crippen molar-refractivity contribution < 1.29 is 4.74 Å². The molecule has 0 radical (unpaired) electrons. The largest absolute Gasteiger partial charge is 0.381 e. The summed E-state index contributed by atoms with van der Waals surface area (Å²) in [4.78, 5) is 2.77. The van der Waals surface area contributed by atoms with Gasteiger partial charge < -0.3 is 9.64 Å². The Hall–Kier alpha value is 0.480. The maximum atomic E-state index is 6.41. The van der Waals surface area contributed by atoms with E-state index >= 15 is 0 Å². The van der Waals surface area contributed by atoms with Gasteiger partial charge in [0.25, 0.3) is 0 Å². The summed E-state index contributed by atoms with van der Waals surface area (Å²) in [5.41, 5.74) is 0.782. The van der Waals surface area contributed by atoms with Crippen molar-refractivity contribution in [2.45, 2.75) is 115 Å². The molecule has 0 aromatic heterocycles. The molecule has 2 heterocycles. The SMILES string of the molecule is COC1CCCC(C2CSC(N[C@@H](CN3CC[C@H](C4CCC(Cl)CC4)C(C)(C)C3)C(C)C)N2)C1. The molecule has 6 heteroatoms. The summed E-state index contributed by atoms with van der Waals surface area (Å²) in [7, 11) is 1.88. The second-order valence-electron chi connectivity index (χ2n) is 12.9. The van der Waals surface area contributed by atoms with E-state index in [1.807, 2.05) is 7.11 Å². The average molecular weight is 514 g/mol. The zero-order valence-electron chi connectivity index (χ0n) is 22.5. The second kappa shape index (κ2) is 12.3. The minimum Gasteiger partial charge on any atom is -0.381 e. The van der Waals surface area contributed by atoms with E-state index in [-0.39, 0.29) is 0 Å². The first-order valence-electron chi connectivity index (χ1n) is 14.3. The van der Waals surface area contributed by atoms with Crippen molar-refractivity contribution in [1.82, 2.24) is 15.5 Å². The van der Waals surface area contributed by atoms with E-state index < -0.39 is 0 Å². The van der Waals surface area contributed by atoms with E-state index in [2.05, 4.69) is 55.0 Å². The van der Waals surface area contributed by atoms with Crippen molar-refractivity contribution in [3.05, 3.63) is 0 Å². The fourth-order valence-corrected chi connectivity index (χ4v) is 9.11. The molecule has 4 unspecified atom stereocenters. The summed E-state index contributed by atoms with van der Waals surface area (Å²) in [5.74, 6) is 4.38. The van der Waals surface area contributed by atoms with Crippen LogP contribution in [0.25, 0.3) is 0 Å². The van der Waals surface area contributed by atoms with Crippen LogP contribution < -0.4 is 10.6 Å². The number of methoxy groups -OCH3 is 1. The van der Waals surface area contributed by atoms with E-state index in [1.165, 1.54) is 83.2 Å². The highest BCUT2D eigenvalue weighted by atomic mass is 35.5. The predicted molar refractivity (Wildman–Crippen MR) is 148 cm³/mol. The summed E-state index contributed by atoms with van der Waals surface area (Å²) in [6.45, 7) is 13.5. The third-order valence-corrected chi connectivity index (χ3v) is 11.3. The molecule has 0 aromatic carbocycles. The van der Waals surface area contributed by atoms with E-state index in [9.17, 15) is 0 Å². The van der Waals surface area contributed by atoms with Crippen molar-refractivity contribution in [2.24, 2.45) is 29.1 Å². The fourth-order valence-electron chi connectivity index (χ4n) is 7.54. The lowest BCUT2D eigenvalue weighted by Gasteiger charge is -2.49. The van der Waals surface area contributed by atoms with Crippen molar-refractivity contribution in [2.75, 3.05) is 32.5 Å². The van der Waals surface area contributed by atoms with Gasteiger partial charge in [-0.2, -0.15) is 0 Å². The van der Waals surface area contributed by atoms with Gasteiger partial charge in [0.2, 0.25) is 0 Å². The predicted octanol–water partition coefficient (Wildman–Crippen LogP) is 5.94. The smallest absolute Gasteiger partial charge is 0.106 e. The first-order chi connectivity index (χ1) is 16.2. The Morgan fingerprint density at radius 2 is 1.85 bits per heavy atom. The normalized spacial score (nSPS) is 40.5. The van der Waals surface area contributed by atoms with Crippen LogP contribution in [0.3, 0.4) is 0 Å². The minimum atomic E-state index is 0.386. The number of hydrogen-bond acceptors (Lipinski definition) is 5. The lowest BCUT2D eigenvalue weighted by Crippen LogP contribution is -2.56. The Labute approximate surface area is 219 Å². The molecule has 2 N–H and O–H groups in total. The number of piperidine rings is 1. The van der Waals surface area contributed by atoms with Gasteiger partial charge >= 0.3 is 0 Å². The van der Waals surface area contributed by atoms with Gasteiger partial charge in [-0.1, -0.05) is 34.1 Å². The summed E-state index contributed by atoms with van der Waals surface area (Å²) in [5, 5.41) is 8.42. The second-order valence-corrected chi connectivity index (χ2v) is 14.7. The summed E-state index contributed by atoms with van der Waals surface area (Å²) < 4.78 is 5.69. The molecule has 34 heavy (non-hydrogen) atoms. The maximum Gasteiger partial charge on any atom is 0.106 e. The molecule has 198 valence electrons. The van der Waals surface area contributed by atoms with Crippen molar-refractivity contribution in [1.29, 1.82) is 0 Å². The number of hydrogen-bond donors (Lipinski definition) is 2. The van der Waals surface area contributed by atoms with Crippen LogP contribution >= 0.6 is 23.4 Å². The molecule has 0 aromatic rings. The average Bonchev–Trinajstić information content (AvgIpc) is 3.28. The van der Waals surface area contributed by atoms with E-state index in [1.54, 1.807) is 0 Å². The van der Waals surface area contributed by atoms with Crippen molar-refractivity contribution >= 4 is 23.4 Å². The Balaban J connectivity index is 1.27. The molecule has 2 saturated carbocycles. The van der Waals surface area contributed by atoms with E-state index in [4.69, 9.17) is 16.3 Å². The minimum absolute atomic E-state index is 0.386. The topological polar surface area (TPSA) is 36.5 Å². The van der Waals surface area contributed by atoms with Crippen LogP contribution in [0.1, 0.15) is 85.5 Å². The van der Waals surface area contributed by atoms with Crippen LogP contribution in [0.2, 0.25) is 0 Å². The van der Waals surface area contributed by atoms with Gasteiger partial charge in [0.15, 0.2) is 0 Å². The molecule has 0 bridgehead atoms. The van der Waals surface area contributed by atoms with Gasteiger partial charge in [0.05, 0.1) is 6.10 Å². The van der Waals surface area contributed by atoms with Gasteiger partial charge in [-0.3, -0.25) is 10.6 Å². The summed E-state index contributed by atoms with van der Waals surface area (Å²) >= 11 is 8.50. The molecule has 0 spiro atoms. The van der Waals surface area contributed by atoms with Crippen LogP contribution in [-0.4, -0.2) is 66.5 Å². The number of alkyl halides is 1. The van der Waals surface area contributed by atoms with Gasteiger partial charge in [-0.25, -0.2) is 0 Å². The quantitative estimate of drug-likeness (QED) is 0.393. The number of nitrogens with zero attached hydrogens (tertiary/aromatic N) is 1. The number of nitrogens with one attached hydrogen (secondary N) is 2. The number of thioether (sulfide) groups is 1. The van der Waals surface area contributed by atoms with Crippen molar-refractivity contribution in [3.63, 3.8) is 0 Å². The molecule has 4 aliphatic rings. The molecule has 2 aliphatic heterocycles. The molecule has 4 fully saturated rings. The van der Waals surface area contributed by atoms with Crippen LogP contribution in [0.4, 0.5) is 0 Å². The molecule has 0 amide bonds. The Bertz CT molecular complexity index is 627. The molecule has 4 rings (SSSR count). The first-order valence-corrected chi connectivity index (χ1v) is 15.8. The third kappa shape index (κ3) is 7.07. The molecule has 2 saturated heterocycles. The Kier molecular flexibility index (Phi) is 9.99. The van der Waals surface area contributed by atoms with E-state index in [0.717, 1.165) is 17.8 Å². The highest BCUT2D eigenvalue weighted by Gasteiger charge is 2.42. The Morgan fingerprint density at radius 3 is 2.53 bits per heavy atom. The fraction of sp³-hybridized carbons (Fsp3) is 1.00. The summed E-state index contributed by atoms with van der Waals surface area (Å²) in [6, 6.07) is 1.16. The zero-order chi connectivity index (χ0) is 24.3. The molecular weight excluding hydrogens is 462 g/mol. The van der Waals surface area contributed by atoms with Gasteiger partial charge in [0.1, 0.15) is 5.50 Å². The zero-order valence-corrected chi connectivity index (χ0v) is 24.1. The monoisotopic (exact) mass is 513 g/mol. The van der Waals surface area contributed by atoms with Gasteiger partial charge in [-0.05, 0) is 87.0 Å². The highest BCUT2D eigenvalue weighted by molar-refractivity contribution is 8.00. The number of ether oxygens (including phenoxy) is 1. The summed E-state index contributed by atoms with van der Waals surface area (Å²) in [6.07, 6.45) is 12.1. The molecule has 2 aliphatic carbocycles. The number of halogens is 1. The molecule has 6 atom stereocenters. The lowest BCUT2D eigenvalue weighted by atomic mass is 9.64. The maximum absolute atomic E-state index is 6.41. The number of rotatable bonds is 8. The number of likely N-dealkylation sites (tertiary alicyclic amines) is 1. The highest BCUT2D eigenvalue weighted by Crippen LogP contribution is 2.45. The van der Waals surface area contributed by atoms with Crippen molar-refractivity contribution in [3.8, 4) is 0 Å². The van der Waals surface area contributed by atoms with E-state index in [0.29, 0.717) is 40.4 Å². The van der Waals surface area contributed by atoms with Crippen LogP contribution in [-0.2, 0) is 4.74 Å². The van der Waals surface area contributed by atoms with Gasteiger partial charge in [0, 0.05) is 43.4 Å². The van der Waals surface area contributed by atoms with Crippen LogP contribution in [0.5, 0.6) is 0 Å². The van der Waals surface area contributed by atoms with Crippen LogP contribution in [0, 0.1) is 29.1 Å².